The quantitative estimate of drug-likeness (QED) is 0.591. The molecule has 0 saturated heterocycles. The van der Waals surface area contributed by atoms with E-state index in [4.69, 9.17) is 0 Å². The fourth-order valence-corrected chi connectivity index (χ4v) is 2.07. The van der Waals surface area contributed by atoms with Gasteiger partial charge in [0, 0.05) is 0 Å². The van der Waals surface area contributed by atoms with E-state index in [1.54, 1.807) is 0 Å². The minimum Gasteiger partial charge on any atom is -0.0622 e. The van der Waals surface area contributed by atoms with Gasteiger partial charge in [0.25, 0.3) is 0 Å². The molecule has 0 N–H and O–H groups in total. The molecule has 0 bridgehead atoms. The standard InChI is InChI=1S/C18H13/c1-3-8-15(9-4-1)17-12-7-13-18(14-17)16-10-5-2-6-11-16/h1-10,12-14H. The van der Waals surface area contributed by atoms with Crippen LogP contribution in [0.4, 0.5) is 0 Å². The van der Waals surface area contributed by atoms with E-state index in [0.717, 1.165) is 5.56 Å². The molecule has 0 aromatic heterocycles. The van der Waals surface area contributed by atoms with Crippen LogP contribution >= 0.6 is 0 Å². The zero-order valence-electron chi connectivity index (χ0n) is 10.0. The maximum absolute atomic E-state index is 3.26. The summed E-state index contributed by atoms with van der Waals surface area (Å²) in [6.07, 6.45) is 0. The van der Waals surface area contributed by atoms with Gasteiger partial charge in [0.2, 0.25) is 0 Å². The van der Waals surface area contributed by atoms with Crippen LogP contribution in [0.2, 0.25) is 0 Å². The Kier molecular flexibility index (Phi) is 2.93. The fraction of sp³-hybridized carbons (Fsp3) is 0. The van der Waals surface area contributed by atoms with Crippen LogP contribution in [-0.2, 0) is 0 Å². The maximum Gasteiger partial charge on any atom is -0.00992 e. The molecule has 0 saturated carbocycles. The molecule has 18 heavy (non-hydrogen) atoms. The molecule has 0 amide bonds. The van der Waals surface area contributed by atoms with Crippen molar-refractivity contribution in [3.05, 3.63) is 84.9 Å². The van der Waals surface area contributed by atoms with Gasteiger partial charge in [-0.1, -0.05) is 72.8 Å². The molecule has 85 valence electrons. The first-order chi connectivity index (χ1) is 8.93. The van der Waals surface area contributed by atoms with Crippen molar-refractivity contribution in [2.45, 2.75) is 0 Å². The monoisotopic (exact) mass is 229 g/mol. The normalized spacial score (nSPS) is 10.2. The molecule has 3 aromatic rings. The van der Waals surface area contributed by atoms with Crippen LogP contribution in [0.1, 0.15) is 0 Å². The lowest BCUT2D eigenvalue weighted by Gasteiger charge is -2.05. The van der Waals surface area contributed by atoms with Gasteiger partial charge in [-0.3, -0.25) is 0 Å². The topological polar surface area (TPSA) is 0 Å². The summed E-state index contributed by atoms with van der Waals surface area (Å²) in [6, 6.07) is 30.3. The average Bonchev–Trinajstić information content (AvgIpc) is 2.49. The molecule has 0 atom stereocenters. The van der Waals surface area contributed by atoms with Crippen molar-refractivity contribution in [3.63, 3.8) is 0 Å². The second-order valence-corrected chi connectivity index (χ2v) is 4.22. The van der Waals surface area contributed by atoms with Crippen molar-refractivity contribution >= 4 is 0 Å². The maximum atomic E-state index is 3.26. The first kappa shape index (κ1) is 10.8. The molecule has 3 aromatic carbocycles. The van der Waals surface area contributed by atoms with E-state index in [1.165, 1.54) is 16.7 Å². The molecule has 0 nitrogen and oxygen atoms in total. The van der Waals surface area contributed by atoms with Crippen LogP contribution < -0.4 is 0 Å². The summed E-state index contributed by atoms with van der Waals surface area (Å²) in [6.45, 7) is 0. The Morgan fingerprint density at radius 3 is 2.06 bits per heavy atom. The van der Waals surface area contributed by atoms with Gasteiger partial charge in [0.1, 0.15) is 0 Å². The number of rotatable bonds is 2. The molecule has 3 rings (SSSR count). The van der Waals surface area contributed by atoms with Crippen molar-refractivity contribution < 1.29 is 0 Å². The minimum atomic E-state index is 1.13. The van der Waals surface area contributed by atoms with Crippen LogP contribution in [0.25, 0.3) is 22.3 Å². The van der Waals surface area contributed by atoms with Crippen LogP contribution in [0.15, 0.2) is 78.9 Å². The smallest absolute Gasteiger partial charge is 0.00992 e. The lowest BCUT2D eigenvalue weighted by atomic mass is 9.99. The molecule has 0 heterocycles. The van der Waals surface area contributed by atoms with Gasteiger partial charge in [-0.05, 0) is 34.4 Å². The molecular weight excluding hydrogens is 216 g/mol. The predicted molar refractivity (Wildman–Crippen MR) is 76.2 cm³/mol. The zero-order valence-corrected chi connectivity index (χ0v) is 10.0. The Bertz CT molecular complexity index is 570. The van der Waals surface area contributed by atoms with Crippen molar-refractivity contribution in [2.75, 3.05) is 0 Å². The Balaban J connectivity index is 2.05. The van der Waals surface area contributed by atoms with E-state index in [1.807, 2.05) is 24.3 Å². The average molecular weight is 229 g/mol. The van der Waals surface area contributed by atoms with Crippen molar-refractivity contribution in [2.24, 2.45) is 0 Å². The third kappa shape index (κ3) is 2.18. The third-order valence-electron chi connectivity index (χ3n) is 2.99. The van der Waals surface area contributed by atoms with E-state index < -0.39 is 0 Å². The molecule has 0 spiro atoms. The minimum absolute atomic E-state index is 1.13. The Morgan fingerprint density at radius 2 is 1.28 bits per heavy atom. The highest BCUT2D eigenvalue weighted by Gasteiger charge is 2.00. The van der Waals surface area contributed by atoms with E-state index in [-0.39, 0.29) is 0 Å². The Labute approximate surface area is 108 Å². The second-order valence-electron chi connectivity index (χ2n) is 4.22. The molecule has 0 aliphatic rings. The molecule has 0 aliphatic heterocycles. The van der Waals surface area contributed by atoms with Crippen LogP contribution in [-0.4, -0.2) is 0 Å². The summed E-state index contributed by atoms with van der Waals surface area (Å²) in [5.74, 6) is 0. The first-order valence-electron chi connectivity index (χ1n) is 6.06. The number of hydrogen-bond donors (Lipinski definition) is 0. The Morgan fingerprint density at radius 1 is 0.556 bits per heavy atom. The Hall–Kier alpha value is -2.34. The summed E-state index contributed by atoms with van der Waals surface area (Å²) in [5, 5.41) is 0. The van der Waals surface area contributed by atoms with Crippen molar-refractivity contribution in [3.8, 4) is 22.3 Å². The van der Waals surface area contributed by atoms with Crippen LogP contribution in [0.5, 0.6) is 0 Å². The third-order valence-corrected chi connectivity index (χ3v) is 2.99. The molecular formula is C18H13. The van der Waals surface area contributed by atoms with Gasteiger partial charge in [0.05, 0.1) is 0 Å². The summed E-state index contributed by atoms with van der Waals surface area (Å²) in [7, 11) is 0. The lowest BCUT2D eigenvalue weighted by Crippen LogP contribution is -1.80. The van der Waals surface area contributed by atoms with Gasteiger partial charge in [-0.25, -0.2) is 0 Å². The summed E-state index contributed by atoms with van der Waals surface area (Å²) < 4.78 is 0. The van der Waals surface area contributed by atoms with Crippen LogP contribution in [0.3, 0.4) is 0 Å². The highest BCUT2D eigenvalue weighted by Crippen LogP contribution is 2.25. The van der Waals surface area contributed by atoms with Gasteiger partial charge in [0.15, 0.2) is 0 Å². The predicted octanol–water partition coefficient (Wildman–Crippen LogP) is 4.82. The van der Waals surface area contributed by atoms with E-state index in [9.17, 15) is 0 Å². The van der Waals surface area contributed by atoms with Crippen molar-refractivity contribution in [1.29, 1.82) is 0 Å². The van der Waals surface area contributed by atoms with Gasteiger partial charge in [-0.2, -0.15) is 0 Å². The molecule has 0 unspecified atom stereocenters. The van der Waals surface area contributed by atoms with Crippen molar-refractivity contribution in [1.82, 2.24) is 0 Å². The van der Waals surface area contributed by atoms with Crippen LogP contribution in [0, 0.1) is 6.07 Å². The van der Waals surface area contributed by atoms with Gasteiger partial charge in [-0.15, -0.1) is 0 Å². The summed E-state index contributed by atoms with van der Waals surface area (Å²) in [5.41, 5.74) is 4.83. The molecule has 0 aliphatic carbocycles. The number of benzene rings is 3. The van der Waals surface area contributed by atoms with Gasteiger partial charge >= 0.3 is 0 Å². The van der Waals surface area contributed by atoms with E-state index in [2.05, 4.69) is 60.7 Å². The van der Waals surface area contributed by atoms with Gasteiger partial charge < -0.3 is 0 Å². The molecule has 0 heteroatoms. The first-order valence-corrected chi connectivity index (χ1v) is 6.06. The molecule has 1 radical (unpaired) electrons. The number of hydrogen-bond acceptors (Lipinski definition) is 0. The summed E-state index contributed by atoms with van der Waals surface area (Å²) in [4.78, 5) is 0. The molecule has 0 fully saturated rings. The van der Waals surface area contributed by atoms with E-state index in [0.29, 0.717) is 0 Å². The SMILES string of the molecule is [c]1ccccc1-c1cccc(-c2ccccc2)c1. The van der Waals surface area contributed by atoms with E-state index >= 15 is 0 Å². The zero-order chi connectivity index (χ0) is 12.2. The second kappa shape index (κ2) is 4.89. The fourth-order valence-electron chi connectivity index (χ4n) is 2.07. The lowest BCUT2D eigenvalue weighted by molar-refractivity contribution is 1.58. The highest BCUT2D eigenvalue weighted by molar-refractivity contribution is 5.72. The summed E-state index contributed by atoms with van der Waals surface area (Å²) >= 11 is 0. The largest absolute Gasteiger partial charge is 0.0622 e. The highest BCUT2D eigenvalue weighted by atomic mass is 14.0.